The summed E-state index contributed by atoms with van der Waals surface area (Å²) in [6.07, 6.45) is -9.50. The molecule has 22 heavy (non-hydrogen) atoms. The molecular weight excluding hydrogens is 333 g/mol. The fourth-order valence-electron chi connectivity index (χ4n) is 1.44. The highest BCUT2D eigenvalue weighted by Crippen LogP contribution is 2.25. The number of carbonyl (C=O) groups is 1. The Morgan fingerprint density at radius 3 is 2.36 bits per heavy atom. The molecule has 0 bridgehead atoms. The molecule has 0 amide bonds. The summed E-state index contributed by atoms with van der Waals surface area (Å²) in [5.41, 5.74) is 0. The van der Waals surface area contributed by atoms with E-state index >= 15 is 0 Å². The van der Waals surface area contributed by atoms with E-state index < -0.39 is 50.8 Å². The number of hydrogen-bond donors (Lipinski definition) is 3. The highest BCUT2D eigenvalue weighted by Gasteiger charge is 2.32. The summed E-state index contributed by atoms with van der Waals surface area (Å²) in [7, 11) is -4.34. The summed E-state index contributed by atoms with van der Waals surface area (Å²) in [4.78, 5) is 9.80. The zero-order valence-electron chi connectivity index (χ0n) is 10.7. The van der Waals surface area contributed by atoms with Gasteiger partial charge < -0.3 is 20.1 Å². The number of aliphatic hydroxyl groups is 2. The van der Waals surface area contributed by atoms with Crippen molar-refractivity contribution in [1.29, 1.82) is 0 Å². The third-order valence-electron chi connectivity index (χ3n) is 2.41. The minimum atomic E-state index is -5.01. The topological polar surface area (TPSA) is 121 Å². The van der Waals surface area contributed by atoms with Gasteiger partial charge in [-0.05, 0) is 18.2 Å². The fraction of sp³-hybridized carbons (Fsp3) is 0.364. The average Bonchev–Trinajstić information content (AvgIpc) is 2.35. The van der Waals surface area contributed by atoms with Gasteiger partial charge in [0.25, 0.3) is 0 Å². The Morgan fingerprint density at radius 2 is 1.86 bits per heavy atom. The maximum atomic E-state index is 12.1. The van der Waals surface area contributed by atoms with Gasteiger partial charge in [-0.3, -0.25) is 0 Å². The third-order valence-corrected chi connectivity index (χ3v) is 4.16. The van der Waals surface area contributed by atoms with E-state index in [0.29, 0.717) is 6.07 Å². The van der Waals surface area contributed by atoms with Crippen molar-refractivity contribution in [3.05, 3.63) is 24.3 Å². The van der Waals surface area contributed by atoms with Crippen LogP contribution in [0.3, 0.4) is 0 Å². The van der Waals surface area contributed by atoms with E-state index in [1.165, 1.54) is 0 Å². The second-order valence-electron chi connectivity index (χ2n) is 4.15. The first kappa shape index (κ1) is 18.2. The minimum absolute atomic E-state index is 0.572. The summed E-state index contributed by atoms with van der Waals surface area (Å²) >= 11 is 0. The summed E-state index contributed by atoms with van der Waals surface area (Å²) in [6, 6.07) is 3.37. The van der Waals surface area contributed by atoms with Gasteiger partial charge in [0, 0.05) is 0 Å². The monoisotopic (exact) mass is 344 g/mol. The number of rotatable bonds is 6. The zero-order chi connectivity index (χ0) is 17.1. The third kappa shape index (κ3) is 5.16. The lowest BCUT2D eigenvalue weighted by Crippen LogP contribution is -2.38. The van der Waals surface area contributed by atoms with Crippen molar-refractivity contribution < 1.29 is 46.4 Å². The van der Waals surface area contributed by atoms with Gasteiger partial charge in [-0.25, -0.2) is 13.2 Å². The van der Waals surface area contributed by atoms with Gasteiger partial charge in [0.1, 0.15) is 11.9 Å². The molecule has 1 aromatic rings. The molecule has 1 rings (SSSR count). The smallest absolute Gasteiger partial charge is 0.479 e. The van der Waals surface area contributed by atoms with E-state index in [-0.39, 0.29) is 0 Å². The molecule has 0 spiro atoms. The van der Waals surface area contributed by atoms with Gasteiger partial charge >= 0.3 is 12.3 Å². The molecule has 0 saturated carbocycles. The van der Waals surface area contributed by atoms with E-state index in [0.717, 1.165) is 18.2 Å². The first-order chi connectivity index (χ1) is 9.92. The van der Waals surface area contributed by atoms with E-state index in [9.17, 15) is 31.5 Å². The average molecular weight is 344 g/mol. The molecule has 0 heterocycles. The number of carboxylic acid groups (broad SMARTS) is 1. The van der Waals surface area contributed by atoms with Crippen LogP contribution in [0.25, 0.3) is 0 Å². The summed E-state index contributed by atoms with van der Waals surface area (Å²) in [5.74, 6) is -3.81. The van der Waals surface area contributed by atoms with Gasteiger partial charge in [0.2, 0.25) is 0 Å². The minimum Gasteiger partial charge on any atom is -0.479 e. The first-order valence-electron chi connectivity index (χ1n) is 5.60. The van der Waals surface area contributed by atoms with Crippen molar-refractivity contribution >= 4 is 15.8 Å². The van der Waals surface area contributed by atoms with Crippen molar-refractivity contribution in [1.82, 2.24) is 0 Å². The van der Waals surface area contributed by atoms with Crippen LogP contribution >= 0.6 is 0 Å². The van der Waals surface area contributed by atoms with Gasteiger partial charge in [-0.1, -0.05) is 6.07 Å². The summed E-state index contributed by atoms with van der Waals surface area (Å²) < 4.78 is 63.5. The number of aliphatic hydroxyl groups excluding tert-OH is 2. The predicted octanol–water partition coefficient (Wildman–Crippen LogP) is 0.165. The molecule has 124 valence electrons. The Kier molecular flexibility index (Phi) is 5.38. The van der Waals surface area contributed by atoms with Crippen molar-refractivity contribution in [3.63, 3.8) is 0 Å². The molecule has 2 atom stereocenters. The van der Waals surface area contributed by atoms with Gasteiger partial charge in [0.15, 0.2) is 15.9 Å². The van der Waals surface area contributed by atoms with Crippen LogP contribution in [-0.2, 0) is 14.6 Å². The van der Waals surface area contributed by atoms with Crippen LogP contribution in [-0.4, -0.2) is 54.0 Å². The van der Waals surface area contributed by atoms with Crippen LogP contribution in [0.2, 0.25) is 0 Å². The number of benzene rings is 1. The number of halogens is 3. The standard InChI is InChI=1S/C11H11F3O7S/c12-11(13,14)21-6-2-1-3-7(4-6)22(19,20)5-8(15)9(16)10(17)18/h1-4,8-9,15-16H,5H2,(H,17,18)/t8-,9-/m1/s1. The zero-order valence-corrected chi connectivity index (χ0v) is 11.5. The van der Waals surface area contributed by atoms with E-state index in [2.05, 4.69) is 4.74 Å². The van der Waals surface area contributed by atoms with Crippen LogP contribution in [0.4, 0.5) is 13.2 Å². The Balaban J connectivity index is 2.99. The molecule has 0 aromatic heterocycles. The molecule has 11 heteroatoms. The van der Waals surface area contributed by atoms with E-state index in [1.807, 2.05) is 0 Å². The van der Waals surface area contributed by atoms with Crippen molar-refractivity contribution in [2.45, 2.75) is 23.5 Å². The summed E-state index contributed by atoms with van der Waals surface area (Å²) in [5, 5.41) is 26.8. The Hall–Kier alpha value is -1.85. The van der Waals surface area contributed by atoms with Crippen LogP contribution in [0.1, 0.15) is 0 Å². The molecule has 0 aliphatic heterocycles. The van der Waals surface area contributed by atoms with Crippen molar-refractivity contribution in [2.75, 3.05) is 5.75 Å². The second-order valence-corrected chi connectivity index (χ2v) is 6.19. The molecule has 0 radical (unpaired) electrons. The van der Waals surface area contributed by atoms with Gasteiger partial charge in [0.05, 0.1) is 10.6 Å². The van der Waals surface area contributed by atoms with Gasteiger partial charge in [-0.2, -0.15) is 0 Å². The number of alkyl halides is 3. The number of sulfone groups is 1. The highest BCUT2D eigenvalue weighted by molar-refractivity contribution is 7.91. The van der Waals surface area contributed by atoms with E-state index in [1.54, 1.807) is 0 Å². The van der Waals surface area contributed by atoms with Gasteiger partial charge in [-0.15, -0.1) is 13.2 Å². The molecule has 7 nitrogen and oxygen atoms in total. The Labute approximate surface area is 122 Å². The molecule has 0 fully saturated rings. The normalized spacial score (nSPS) is 15.1. The number of ether oxygens (including phenoxy) is 1. The predicted molar refractivity (Wildman–Crippen MR) is 64.8 cm³/mol. The molecule has 0 aliphatic carbocycles. The lowest BCUT2D eigenvalue weighted by atomic mass is 10.2. The lowest BCUT2D eigenvalue weighted by Gasteiger charge is -2.15. The number of hydrogen-bond acceptors (Lipinski definition) is 6. The molecular formula is C11H11F3O7S. The Morgan fingerprint density at radius 1 is 1.27 bits per heavy atom. The van der Waals surface area contributed by atoms with Crippen LogP contribution < -0.4 is 4.74 Å². The lowest BCUT2D eigenvalue weighted by molar-refractivity contribution is -0.274. The fourth-order valence-corrected chi connectivity index (χ4v) is 2.85. The highest BCUT2D eigenvalue weighted by atomic mass is 32.2. The number of carboxylic acids is 1. The molecule has 3 N–H and O–H groups in total. The molecule has 1 aromatic carbocycles. The van der Waals surface area contributed by atoms with E-state index in [4.69, 9.17) is 10.2 Å². The quantitative estimate of drug-likeness (QED) is 0.672. The maximum Gasteiger partial charge on any atom is 0.573 e. The van der Waals surface area contributed by atoms with Crippen LogP contribution in [0.5, 0.6) is 5.75 Å². The molecule has 0 unspecified atom stereocenters. The molecule has 0 aliphatic rings. The maximum absolute atomic E-state index is 12.1. The SMILES string of the molecule is O=C(O)[C@H](O)[C@H](O)CS(=O)(=O)c1cccc(OC(F)(F)F)c1. The summed E-state index contributed by atoms with van der Waals surface area (Å²) in [6.45, 7) is 0. The molecule has 0 saturated heterocycles. The largest absolute Gasteiger partial charge is 0.573 e. The first-order valence-corrected chi connectivity index (χ1v) is 7.25. The van der Waals surface area contributed by atoms with Crippen LogP contribution in [0, 0.1) is 0 Å². The van der Waals surface area contributed by atoms with Crippen LogP contribution in [0.15, 0.2) is 29.2 Å². The van der Waals surface area contributed by atoms with Crippen molar-refractivity contribution in [2.24, 2.45) is 0 Å². The number of aliphatic carboxylic acids is 1. The Bertz CT molecular complexity index is 641. The van der Waals surface area contributed by atoms with Crippen molar-refractivity contribution in [3.8, 4) is 5.75 Å². The second kappa shape index (κ2) is 6.50.